The fourth-order valence-electron chi connectivity index (χ4n) is 1.64. The number of carbonyl (C=O) groups is 1. The number of nitro benzene ring substituents is 1. The molecule has 0 atom stereocenters. The molecule has 0 fully saturated rings. The first-order chi connectivity index (χ1) is 9.58. The van der Waals surface area contributed by atoms with Crippen molar-refractivity contribution in [3.8, 4) is 0 Å². The summed E-state index contributed by atoms with van der Waals surface area (Å²) in [5, 5.41) is 15.7. The quantitative estimate of drug-likeness (QED) is 0.497. The van der Waals surface area contributed by atoms with Gasteiger partial charge < -0.3 is 5.32 Å². The second kappa shape index (κ2) is 6.49. The van der Waals surface area contributed by atoms with Crippen LogP contribution in [-0.4, -0.2) is 17.3 Å². The molecule has 1 heterocycles. The van der Waals surface area contributed by atoms with Crippen LogP contribution in [0, 0.1) is 10.1 Å². The van der Waals surface area contributed by atoms with Gasteiger partial charge >= 0.3 is 0 Å². The van der Waals surface area contributed by atoms with Crippen molar-refractivity contribution in [2.24, 2.45) is 0 Å². The van der Waals surface area contributed by atoms with Crippen LogP contribution in [0.15, 0.2) is 35.7 Å². The van der Waals surface area contributed by atoms with Crippen LogP contribution >= 0.6 is 22.9 Å². The monoisotopic (exact) mass is 310 g/mol. The van der Waals surface area contributed by atoms with E-state index in [1.54, 1.807) is 12.1 Å². The summed E-state index contributed by atoms with van der Waals surface area (Å²) < 4.78 is 0. The van der Waals surface area contributed by atoms with E-state index in [-0.39, 0.29) is 16.5 Å². The number of carbonyl (C=O) groups excluding carboxylic acids is 1. The number of halogens is 1. The molecular weight excluding hydrogens is 300 g/mol. The molecule has 0 saturated carbocycles. The molecule has 20 heavy (non-hydrogen) atoms. The lowest BCUT2D eigenvalue weighted by Gasteiger charge is -2.05. The Kier molecular flexibility index (Phi) is 4.70. The van der Waals surface area contributed by atoms with Gasteiger partial charge in [0.25, 0.3) is 5.69 Å². The van der Waals surface area contributed by atoms with Gasteiger partial charge in [-0.25, -0.2) is 0 Å². The van der Waals surface area contributed by atoms with Crippen LogP contribution in [0.25, 0.3) is 0 Å². The van der Waals surface area contributed by atoms with Crippen LogP contribution in [-0.2, 0) is 0 Å². The lowest BCUT2D eigenvalue weighted by Crippen LogP contribution is -2.08. The fraction of sp³-hybridized carbons (Fsp3) is 0.154. The highest BCUT2D eigenvalue weighted by molar-refractivity contribution is 7.12. The summed E-state index contributed by atoms with van der Waals surface area (Å²) in [6.07, 6.45) is 0.330. The highest BCUT2D eigenvalue weighted by Crippen LogP contribution is 2.27. The number of hydrogen-bond donors (Lipinski definition) is 1. The van der Waals surface area contributed by atoms with E-state index in [1.165, 1.54) is 23.5 Å². The molecule has 0 saturated heterocycles. The van der Waals surface area contributed by atoms with E-state index in [0.29, 0.717) is 23.5 Å². The van der Waals surface area contributed by atoms with E-state index in [2.05, 4.69) is 5.32 Å². The molecule has 0 aliphatic rings. The molecule has 0 bridgehead atoms. The predicted octanol–water partition coefficient (Wildman–Crippen LogP) is 3.99. The molecule has 1 N–H and O–H groups in total. The normalized spacial score (nSPS) is 10.2. The molecule has 2 aromatic rings. The van der Waals surface area contributed by atoms with E-state index in [0.717, 1.165) is 0 Å². The van der Waals surface area contributed by atoms with Gasteiger partial charge in [0.05, 0.1) is 9.80 Å². The minimum atomic E-state index is -0.537. The van der Waals surface area contributed by atoms with Crippen molar-refractivity contribution in [3.63, 3.8) is 0 Å². The Hall–Kier alpha value is -1.92. The van der Waals surface area contributed by atoms with Crippen molar-refractivity contribution in [1.29, 1.82) is 0 Å². The highest BCUT2D eigenvalue weighted by Gasteiger charge is 2.13. The number of Topliss-reactive ketones (excluding diaryl/α,β-unsaturated/α-hetero) is 1. The first kappa shape index (κ1) is 14.5. The minimum Gasteiger partial charge on any atom is -0.384 e. The number of rotatable bonds is 6. The van der Waals surface area contributed by atoms with Crippen LogP contribution in [0.3, 0.4) is 0 Å². The Labute approximate surface area is 124 Å². The van der Waals surface area contributed by atoms with E-state index in [4.69, 9.17) is 11.6 Å². The van der Waals surface area contributed by atoms with Gasteiger partial charge in [0.15, 0.2) is 5.78 Å². The van der Waals surface area contributed by atoms with E-state index in [1.807, 2.05) is 11.4 Å². The summed E-state index contributed by atoms with van der Waals surface area (Å²) in [6, 6.07) is 8.07. The van der Waals surface area contributed by atoms with Crippen LogP contribution in [0.2, 0.25) is 5.02 Å². The maximum absolute atomic E-state index is 11.8. The summed E-state index contributed by atoms with van der Waals surface area (Å²) in [5.41, 5.74) is 0.418. The molecule has 0 aliphatic carbocycles. The molecule has 0 radical (unpaired) electrons. The maximum Gasteiger partial charge on any atom is 0.289 e. The zero-order chi connectivity index (χ0) is 14.5. The zero-order valence-electron chi connectivity index (χ0n) is 10.3. The van der Waals surface area contributed by atoms with Crippen molar-refractivity contribution in [3.05, 3.63) is 55.7 Å². The smallest absolute Gasteiger partial charge is 0.289 e. The Bertz CT molecular complexity index is 629. The van der Waals surface area contributed by atoms with E-state index >= 15 is 0 Å². The average Bonchev–Trinajstić information content (AvgIpc) is 2.94. The number of nitrogens with one attached hydrogen (secondary N) is 1. The molecule has 0 amide bonds. The van der Waals surface area contributed by atoms with Crippen LogP contribution in [0.1, 0.15) is 16.1 Å². The van der Waals surface area contributed by atoms with Gasteiger partial charge in [-0.15, -0.1) is 11.3 Å². The lowest BCUT2D eigenvalue weighted by molar-refractivity contribution is -0.384. The molecule has 0 unspecified atom stereocenters. The third-order valence-corrected chi connectivity index (χ3v) is 3.85. The molecule has 0 spiro atoms. The Morgan fingerprint density at radius 2 is 2.20 bits per heavy atom. The largest absolute Gasteiger partial charge is 0.384 e. The van der Waals surface area contributed by atoms with Gasteiger partial charge in [0, 0.05) is 24.7 Å². The van der Waals surface area contributed by atoms with Crippen molar-refractivity contribution in [2.45, 2.75) is 6.42 Å². The van der Waals surface area contributed by atoms with E-state index in [9.17, 15) is 14.9 Å². The lowest BCUT2D eigenvalue weighted by atomic mass is 10.2. The standard InChI is InChI=1S/C13H11ClN2O3S/c14-10-4-3-9(8-11(10)16(18)19)15-6-5-12(17)13-2-1-7-20-13/h1-4,7-8,15H,5-6H2. The van der Waals surface area contributed by atoms with Crippen molar-refractivity contribution in [1.82, 2.24) is 0 Å². The van der Waals surface area contributed by atoms with Gasteiger partial charge in [0.2, 0.25) is 0 Å². The summed E-state index contributed by atoms with van der Waals surface area (Å²) in [5.74, 6) is 0.0518. The molecule has 1 aromatic carbocycles. The Morgan fingerprint density at radius 3 is 2.85 bits per heavy atom. The molecular formula is C13H11ClN2O3S. The summed E-state index contributed by atoms with van der Waals surface area (Å²) in [6.45, 7) is 0.412. The summed E-state index contributed by atoms with van der Waals surface area (Å²) in [4.78, 5) is 22.7. The van der Waals surface area contributed by atoms with Crippen LogP contribution < -0.4 is 5.32 Å². The number of nitro groups is 1. The number of thiophene rings is 1. The van der Waals surface area contributed by atoms with Crippen molar-refractivity contribution >= 4 is 40.1 Å². The van der Waals surface area contributed by atoms with Gasteiger partial charge in [-0.2, -0.15) is 0 Å². The fourth-order valence-corrected chi connectivity index (χ4v) is 2.52. The van der Waals surface area contributed by atoms with Crippen molar-refractivity contribution in [2.75, 3.05) is 11.9 Å². The number of anilines is 1. The number of ketones is 1. The highest BCUT2D eigenvalue weighted by atomic mass is 35.5. The number of benzene rings is 1. The minimum absolute atomic E-state index is 0.0518. The first-order valence-corrected chi connectivity index (χ1v) is 7.08. The van der Waals surface area contributed by atoms with Gasteiger partial charge in [-0.1, -0.05) is 17.7 Å². The predicted molar refractivity (Wildman–Crippen MR) is 79.9 cm³/mol. The zero-order valence-corrected chi connectivity index (χ0v) is 11.9. The Balaban J connectivity index is 1.93. The molecule has 0 aliphatic heterocycles. The molecule has 104 valence electrons. The first-order valence-electron chi connectivity index (χ1n) is 5.82. The third-order valence-electron chi connectivity index (χ3n) is 2.62. The molecule has 2 rings (SSSR count). The molecule has 5 nitrogen and oxygen atoms in total. The molecule has 7 heteroatoms. The number of hydrogen-bond acceptors (Lipinski definition) is 5. The summed E-state index contributed by atoms with van der Waals surface area (Å²) >= 11 is 7.12. The summed E-state index contributed by atoms with van der Waals surface area (Å²) in [7, 11) is 0. The second-order valence-electron chi connectivity index (χ2n) is 4.00. The van der Waals surface area contributed by atoms with Gasteiger partial charge in [0.1, 0.15) is 5.02 Å². The van der Waals surface area contributed by atoms with Crippen LogP contribution in [0.5, 0.6) is 0 Å². The molecule has 1 aromatic heterocycles. The van der Waals surface area contributed by atoms with Gasteiger partial charge in [-0.3, -0.25) is 14.9 Å². The SMILES string of the molecule is O=C(CCNc1ccc(Cl)c([N+](=O)[O-])c1)c1cccs1. The Morgan fingerprint density at radius 1 is 1.40 bits per heavy atom. The van der Waals surface area contributed by atoms with Crippen molar-refractivity contribution < 1.29 is 9.72 Å². The second-order valence-corrected chi connectivity index (χ2v) is 5.36. The van der Waals surface area contributed by atoms with Crippen LogP contribution in [0.4, 0.5) is 11.4 Å². The topological polar surface area (TPSA) is 72.2 Å². The third kappa shape index (κ3) is 3.55. The van der Waals surface area contributed by atoms with Gasteiger partial charge in [-0.05, 0) is 23.6 Å². The number of nitrogens with zero attached hydrogens (tertiary/aromatic N) is 1. The average molecular weight is 311 g/mol. The van der Waals surface area contributed by atoms with E-state index < -0.39 is 4.92 Å². The maximum atomic E-state index is 11.8.